The third kappa shape index (κ3) is 2.99. The van der Waals surface area contributed by atoms with Crippen molar-refractivity contribution in [3.8, 4) is 0 Å². The van der Waals surface area contributed by atoms with Crippen LogP contribution in [-0.2, 0) is 13.1 Å². The molecule has 0 amide bonds. The van der Waals surface area contributed by atoms with E-state index in [0.29, 0.717) is 6.54 Å². The highest BCUT2D eigenvalue weighted by molar-refractivity contribution is 5.13. The molecule has 0 saturated carbocycles. The predicted molar refractivity (Wildman–Crippen MR) is 60.3 cm³/mol. The molecule has 2 heterocycles. The number of pyridine rings is 1. The molecular formula is C11H18N4. The monoisotopic (exact) mass is 206 g/mol. The fourth-order valence-electron chi connectivity index (χ4n) is 1.77. The number of nitrogens with one attached hydrogen (secondary N) is 1. The Morgan fingerprint density at radius 1 is 1.33 bits per heavy atom. The van der Waals surface area contributed by atoms with Crippen molar-refractivity contribution in [1.29, 1.82) is 0 Å². The molecule has 1 saturated heterocycles. The van der Waals surface area contributed by atoms with Gasteiger partial charge < -0.3 is 11.1 Å². The summed E-state index contributed by atoms with van der Waals surface area (Å²) >= 11 is 0. The van der Waals surface area contributed by atoms with Crippen molar-refractivity contribution >= 4 is 0 Å². The summed E-state index contributed by atoms with van der Waals surface area (Å²) in [5, 5.41) is 3.34. The van der Waals surface area contributed by atoms with Crippen LogP contribution in [0.1, 0.15) is 11.3 Å². The molecule has 3 N–H and O–H groups in total. The Hall–Kier alpha value is -0.970. The minimum atomic E-state index is 0.570. The van der Waals surface area contributed by atoms with Crippen molar-refractivity contribution in [2.45, 2.75) is 13.1 Å². The van der Waals surface area contributed by atoms with E-state index in [1.54, 1.807) is 0 Å². The van der Waals surface area contributed by atoms with Gasteiger partial charge in [0, 0.05) is 45.5 Å². The molecule has 0 aromatic carbocycles. The van der Waals surface area contributed by atoms with E-state index >= 15 is 0 Å². The molecule has 82 valence electrons. The summed E-state index contributed by atoms with van der Waals surface area (Å²) in [6, 6.07) is 4.13. The molecule has 0 atom stereocenters. The first-order chi connectivity index (χ1) is 7.38. The zero-order valence-electron chi connectivity index (χ0n) is 8.95. The molecule has 4 heteroatoms. The van der Waals surface area contributed by atoms with Crippen molar-refractivity contribution in [2.75, 3.05) is 26.2 Å². The van der Waals surface area contributed by atoms with E-state index in [1.807, 2.05) is 6.20 Å². The molecule has 1 fully saturated rings. The maximum Gasteiger partial charge on any atom is 0.0544 e. The highest BCUT2D eigenvalue weighted by Crippen LogP contribution is 2.04. The Labute approximate surface area is 90.5 Å². The second kappa shape index (κ2) is 5.21. The normalized spacial score (nSPS) is 17.9. The van der Waals surface area contributed by atoms with Gasteiger partial charge in [0.05, 0.1) is 5.69 Å². The summed E-state index contributed by atoms with van der Waals surface area (Å²) < 4.78 is 0. The van der Waals surface area contributed by atoms with E-state index in [4.69, 9.17) is 5.73 Å². The van der Waals surface area contributed by atoms with Crippen LogP contribution in [0.15, 0.2) is 18.3 Å². The molecule has 0 radical (unpaired) electrons. The van der Waals surface area contributed by atoms with E-state index in [1.165, 1.54) is 0 Å². The zero-order valence-corrected chi connectivity index (χ0v) is 8.95. The SMILES string of the molecule is NCc1ccc(CN2CCNCC2)nc1. The zero-order chi connectivity index (χ0) is 10.5. The van der Waals surface area contributed by atoms with E-state index in [2.05, 4.69) is 27.3 Å². The van der Waals surface area contributed by atoms with Gasteiger partial charge in [0.2, 0.25) is 0 Å². The maximum atomic E-state index is 5.53. The van der Waals surface area contributed by atoms with Crippen LogP contribution >= 0.6 is 0 Å². The number of nitrogens with zero attached hydrogens (tertiary/aromatic N) is 2. The third-order valence-electron chi connectivity index (χ3n) is 2.72. The second-order valence-corrected chi connectivity index (χ2v) is 3.89. The van der Waals surface area contributed by atoms with Gasteiger partial charge in [0.25, 0.3) is 0 Å². The van der Waals surface area contributed by atoms with Crippen LogP contribution in [-0.4, -0.2) is 36.1 Å². The Morgan fingerprint density at radius 3 is 2.73 bits per heavy atom. The molecule has 1 aliphatic heterocycles. The van der Waals surface area contributed by atoms with Crippen LogP contribution in [0.2, 0.25) is 0 Å². The quantitative estimate of drug-likeness (QED) is 0.728. The number of nitrogens with two attached hydrogens (primary N) is 1. The van der Waals surface area contributed by atoms with Crippen molar-refractivity contribution < 1.29 is 0 Å². The molecule has 2 rings (SSSR count). The van der Waals surface area contributed by atoms with Gasteiger partial charge in [0.1, 0.15) is 0 Å². The topological polar surface area (TPSA) is 54.2 Å². The van der Waals surface area contributed by atoms with Gasteiger partial charge in [0.15, 0.2) is 0 Å². The lowest BCUT2D eigenvalue weighted by Gasteiger charge is -2.26. The van der Waals surface area contributed by atoms with E-state index in [0.717, 1.165) is 44.0 Å². The van der Waals surface area contributed by atoms with Gasteiger partial charge in [-0.3, -0.25) is 9.88 Å². The molecule has 1 aromatic heterocycles. The number of hydrogen-bond acceptors (Lipinski definition) is 4. The first-order valence-electron chi connectivity index (χ1n) is 5.45. The summed E-state index contributed by atoms with van der Waals surface area (Å²) in [4.78, 5) is 6.82. The Morgan fingerprint density at radius 2 is 2.13 bits per heavy atom. The molecule has 0 unspecified atom stereocenters. The summed E-state index contributed by atoms with van der Waals surface area (Å²) in [6.07, 6.45) is 1.87. The van der Waals surface area contributed by atoms with Gasteiger partial charge in [-0.1, -0.05) is 6.07 Å². The largest absolute Gasteiger partial charge is 0.326 e. The van der Waals surface area contributed by atoms with Crippen molar-refractivity contribution in [1.82, 2.24) is 15.2 Å². The van der Waals surface area contributed by atoms with Gasteiger partial charge in [-0.05, 0) is 11.6 Å². The van der Waals surface area contributed by atoms with Crippen LogP contribution in [0.4, 0.5) is 0 Å². The van der Waals surface area contributed by atoms with Crippen molar-refractivity contribution in [2.24, 2.45) is 5.73 Å². The molecule has 1 aliphatic rings. The molecular weight excluding hydrogens is 188 g/mol. The maximum absolute atomic E-state index is 5.53. The average Bonchev–Trinajstić information content (AvgIpc) is 2.31. The average molecular weight is 206 g/mol. The molecule has 4 nitrogen and oxygen atoms in total. The Kier molecular flexibility index (Phi) is 3.66. The summed E-state index contributed by atoms with van der Waals surface area (Å²) in [6.45, 7) is 5.91. The summed E-state index contributed by atoms with van der Waals surface area (Å²) in [5.41, 5.74) is 7.76. The summed E-state index contributed by atoms with van der Waals surface area (Å²) in [5.74, 6) is 0. The Balaban J connectivity index is 1.91. The molecule has 0 spiro atoms. The van der Waals surface area contributed by atoms with E-state index in [-0.39, 0.29) is 0 Å². The first kappa shape index (κ1) is 10.5. The van der Waals surface area contributed by atoms with Gasteiger partial charge in [-0.25, -0.2) is 0 Å². The minimum Gasteiger partial charge on any atom is -0.326 e. The highest BCUT2D eigenvalue weighted by atomic mass is 15.2. The number of hydrogen-bond donors (Lipinski definition) is 2. The summed E-state index contributed by atoms with van der Waals surface area (Å²) in [7, 11) is 0. The lowest BCUT2D eigenvalue weighted by Crippen LogP contribution is -2.43. The fraction of sp³-hybridized carbons (Fsp3) is 0.545. The van der Waals surface area contributed by atoms with Crippen LogP contribution < -0.4 is 11.1 Å². The second-order valence-electron chi connectivity index (χ2n) is 3.89. The fourth-order valence-corrected chi connectivity index (χ4v) is 1.77. The highest BCUT2D eigenvalue weighted by Gasteiger charge is 2.09. The van der Waals surface area contributed by atoms with Crippen LogP contribution in [0.3, 0.4) is 0 Å². The van der Waals surface area contributed by atoms with Crippen LogP contribution in [0, 0.1) is 0 Å². The van der Waals surface area contributed by atoms with Gasteiger partial charge in [-0.2, -0.15) is 0 Å². The van der Waals surface area contributed by atoms with E-state index < -0.39 is 0 Å². The smallest absolute Gasteiger partial charge is 0.0544 e. The number of aromatic nitrogens is 1. The third-order valence-corrected chi connectivity index (χ3v) is 2.72. The lowest BCUT2D eigenvalue weighted by atomic mass is 10.2. The van der Waals surface area contributed by atoms with Crippen molar-refractivity contribution in [3.63, 3.8) is 0 Å². The van der Waals surface area contributed by atoms with Crippen molar-refractivity contribution in [3.05, 3.63) is 29.6 Å². The standard InChI is InChI=1S/C11H18N4/c12-7-10-1-2-11(14-8-10)9-15-5-3-13-4-6-15/h1-2,8,13H,3-7,9,12H2. The Bertz CT molecular complexity index is 290. The molecule has 0 aliphatic carbocycles. The lowest BCUT2D eigenvalue weighted by molar-refractivity contribution is 0.230. The molecule has 1 aromatic rings. The predicted octanol–water partition coefficient (Wildman–Crippen LogP) is -0.0545. The first-order valence-corrected chi connectivity index (χ1v) is 5.45. The number of piperazine rings is 1. The minimum absolute atomic E-state index is 0.570. The number of rotatable bonds is 3. The van der Waals surface area contributed by atoms with Crippen LogP contribution in [0.25, 0.3) is 0 Å². The van der Waals surface area contributed by atoms with Gasteiger partial charge in [-0.15, -0.1) is 0 Å². The van der Waals surface area contributed by atoms with E-state index in [9.17, 15) is 0 Å². The van der Waals surface area contributed by atoms with Crippen LogP contribution in [0.5, 0.6) is 0 Å². The van der Waals surface area contributed by atoms with Gasteiger partial charge >= 0.3 is 0 Å². The molecule has 15 heavy (non-hydrogen) atoms. The molecule has 0 bridgehead atoms.